The Morgan fingerprint density at radius 2 is 1.81 bits per heavy atom. The molecule has 1 amide bonds. The molecule has 0 radical (unpaired) electrons. The Kier molecular flexibility index (Phi) is 5.36. The number of piperazine rings is 1. The quantitative estimate of drug-likeness (QED) is 0.660. The molecule has 2 aromatic rings. The van der Waals surface area contributed by atoms with E-state index in [0.717, 1.165) is 13.1 Å². The maximum atomic E-state index is 12.4. The lowest BCUT2D eigenvalue weighted by atomic mass is 10.2. The first-order valence-electron chi connectivity index (χ1n) is 8.61. The SMILES string of the molecule is Cc1cc(NCC(=O)N2CCN(c3ccccc3)CC2)ccc1[N+](=O)[O-]. The average Bonchev–Trinajstić information content (AvgIpc) is 2.66. The van der Waals surface area contributed by atoms with E-state index in [0.29, 0.717) is 24.3 Å². The van der Waals surface area contributed by atoms with Gasteiger partial charge in [-0.15, -0.1) is 0 Å². The van der Waals surface area contributed by atoms with E-state index >= 15 is 0 Å². The van der Waals surface area contributed by atoms with Gasteiger partial charge in [0.15, 0.2) is 0 Å². The number of nitrogens with one attached hydrogen (secondary N) is 1. The highest BCUT2D eigenvalue weighted by Gasteiger charge is 2.21. The fourth-order valence-corrected chi connectivity index (χ4v) is 3.11. The zero-order chi connectivity index (χ0) is 18.5. The van der Waals surface area contributed by atoms with Crippen molar-refractivity contribution in [2.24, 2.45) is 0 Å². The number of nitrogens with zero attached hydrogens (tertiary/aromatic N) is 3. The summed E-state index contributed by atoms with van der Waals surface area (Å²) >= 11 is 0. The highest BCUT2D eigenvalue weighted by molar-refractivity contribution is 5.81. The van der Waals surface area contributed by atoms with Crippen LogP contribution in [0.1, 0.15) is 5.56 Å². The van der Waals surface area contributed by atoms with Crippen LogP contribution in [-0.4, -0.2) is 48.5 Å². The number of benzene rings is 2. The average molecular weight is 354 g/mol. The van der Waals surface area contributed by atoms with Crippen molar-refractivity contribution in [3.05, 3.63) is 64.2 Å². The number of carbonyl (C=O) groups is 1. The van der Waals surface area contributed by atoms with Gasteiger partial charge in [-0.2, -0.15) is 0 Å². The van der Waals surface area contributed by atoms with Crippen molar-refractivity contribution in [1.82, 2.24) is 4.90 Å². The molecule has 1 saturated heterocycles. The molecule has 3 rings (SSSR count). The normalized spacial score (nSPS) is 14.2. The number of carbonyl (C=O) groups excluding carboxylic acids is 1. The van der Waals surface area contributed by atoms with Crippen molar-refractivity contribution in [3.63, 3.8) is 0 Å². The number of nitro benzene ring substituents is 1. The zero-order valence-electron chi connectivity index (χ0n) is 14.7. The number of rotatable bonds is 5. The minimum atomic E-state index is -0.406. The van der Waals surface area contributed by atoms with Gasteiger partial charge in [0.2, 0.25) is 5.91 Å². The van der Waals surface area contributed by atoms with E-state index in [1.165, 1.54) is 11.8 Å². The van der Waals surface area contributed by atoms with Gasteiger partial charge in [0, 0.05) is 49.2 Å². The van der Waals surface area contributed by atoms with Gasteiger partial charge >= 0.3 is 0 Å². The molecule has 1 N–H and O–H groups in total. The van der Waals surface area contributed by atoms with E-state index in [4.69, 9.17) is 0 Å². The second kappa shape index (κ2) is 7.86. The van der Waals surface area contributed by atoms with Gasteiger partial charge < -0.3 is 15.1 Å². The maximum absolute atomic E-state index is 12.4. The highest BCUT2D eigenvalue weighted by Crippen LogP contribution is 2.21. The van der Waals surface area contributed by atoms with Gasteiger partial charge in [-0.25, -0.2) is 0 Å². The topological polar surface area (TPSA) is 78.7 Å². The van der Waals surface area contributed by atoms with Gasteiger partial charge in [0.1, 0.15) is 0 Å². The van der Waals surface area contributed by atoms with E-state index in [1.54, 1.807) is 19.1 Å². The summed E-state index contributed by atoms with van der Waals surface area (Å²) in [7, 11) is 0. The molecular formula is C19H22N4O3. The molecule has 1 aliphatic heterocycles. The molecule has 7 nitrogen and oxygen atoms in total. The van der Waals surface area contributed by atoms with Gasteiger partial charge in [0.05, 0.1) is 11.5 Å². The van der Waals surface area contributed by atoms with Crippen LogP contribution in [0.2, 0.25) is 0 Å². The van der Waals surface area contributed by atoms with Gasteiger partial charge in [-0.1, -0.05) is 18.2 Å². The fourth-order valence-electron chi connectivity index (χ4n) is 3.11. The summed E-state index contributed by atoms with van der Waals surface area (Å²) in [6, 6.07) is 15.0. The predicted molar refractivity (Wildman–Crippen MR) is 102 cm³/mol. The molecule has 7 heteroatoms. The third-order valence-electron chi connectivity index (χ3n) is 4.59. The smallest absolute Gasteiger partial charge is 0.272 e. The van der Waals surface area contributed by atoms with E-state index < -0.39 is 4.92 Å². The van der Waals surface area contributed by atoms with Crippen LogP contribution in [0.3, 0.4) is 0 Å². The first kappa shape index (κ1) is 17.7. The lowest BCUT2D eigenvalue weighted by molar-refractivity contribution is -0.385. The molecule has 0 atom stereocenters. The van der Waals surface area contributed by atoms with E-state index in [-0.39, 0.29) is 18.1 Å². The first-order chi connectivity index (χ1) is 12.5. The Bertz CT molecular complexity index is 787. The summed E-state index contributed by atoms with van der Waals surface area (Å²) in [5, 5.41) is 13.9. The number of hydrogen-bond acceptors (Lipinski definition) is 5. The van der Waals surface area contributed by atoms with Crippen molar-refractivity contribution >= 4 is 23.0 Å². The molecule has 26 heavy (non-hydrogen) atoms. The Morgan fingerprint density at radius 3 is 2.42 bits per heavy atom. The number of hydrogen-bond donors (Lipinski definition) is 1. The molecule has 0 spiro atoms. The van der Waals surface area contributed by atoms with Crippen molar-refractivity contribution in [3.8, 4) is 0 Å². The number of para-hydroxylation sites is 1. The minimum absolute atomic E-state index is 0.0358. The van der Waals surface area contributed by atoms with Crippen LogP contribution in [0.4, 0.5) is 17.1 Å². The number of amides is 1. The second-order valence-electron chi connectivity index (χ2n) is 6.32. The minimum Gasteiger partial charge on any atom is -0.376 e. The lowest BCUT2D eigenvalue weighted by Crippen LogP contribution is -2.50. The number of anilines is 2. The molecule has 0 saturated carbocycles. The van der Waals surface area contributed by atoms with Crippen LogP contribution < -0.4 is 10.2 Å². The summed E-state index contributed by atoms with van der Waals surface area (Å²) in [5.41, 5.74) is 2.55. The lowest BCUT2D eigenvalue weighted by Gasteiger charge is -2.36. The molecular weight excluding hydrogens is 332 g/mol. The first-order valence-corrected chi connectivity index (χ1v) is 8.61. The fraction of sp³-hybridized carbons (Fsp3) is 0.316. The molecule has 1 heterocycles. The maximum Gasteiger partial charge on any atom is 0.272 e. The zero-order valence-corrected chi connectivity index (χ0v) is 14.7. The van der Waals surface area contributed by atoms with Crippen molar-refractivity contribution in [1.29, 1.82) is 0 Å². The predicted octanol–water partition coefficient (Wildman–Crippen LogP) is 2.66. The van der Waals surface area contributed by atoms with Crippen molar-refractivity contribution in [2.75, 3.05) is 42.9 Å². The molecule has 0 bridgehead atoms. The second-order valence-corrected chi connectivity index (χ2v) is 6.32. The third-order valence-corrected chi connectivity index (χ3v) is 4.59. The summed E-state index contributed by atoms with van der Waals surface area (Å²) < 4.78 is 0. The van der Waals surface area contributed by atoms with E-state index in [2.05, 4.69) is 22.3 Å². The van der Waals surface area contributed by atoms with Crippen LogP contribution in [0.15, 0.2) is 48.5 Å². The van der Waals surface area contributed by atoms with Crippen molar-refractivity contribution in [2.45, 2.75) is 6.92 Å². The molecule has 1 aliphatic rings. The highest BCUT2D eigenvalue weighted by atomic mass is 16.6. The van der Waals surface area contributed by atoms with Crippen LogP contribution in [0.5, 0.6) is 0 Å². The molecule has 2 aromatic carbocycles. The third kappa shape index (κ3) is 4.11. The van der Waals surface area contributed by atoms with Gasteiger partial charge in [-0.3, -0.25) is 14.9 Å². The van der Waals surface area contributed by atoms with Gasteiger partial charge in [0.25, 0.3) is 5.69 Å². The summed E-state index contributed by atoms with van der Waals surface area (Å²) in [5.74, 6) is 0.0358. The Labute approximate surface area is 152 Å². The summed E-state index contributed by atoms with van der Waals surface area (Å²) in [6.45, 7) is 4.87. The Hall–Kier alpha value is -3.09. The number of aryl methyl sites for hydroxylation is 1. The summed E-state index contributed by atoms with van der Waals surface area (Å²) in [4.78, 5) is 27.0. The van der Waals surface area contributed by atoms with E-state index in [1.807, 2.05) is 23.1 Å². The molecule has 0 aliphatic carbocycles. The Balaban J connectivity index is 1.50. The molecule has 0 aromatic heterocycles. The van der Waals surface area contributed by atoms with Crippen LogP contribution in [0, 0.1) is 17.0 Å². The molecule has 1 fully saturated rings. The van der Waals surface area contributed by atoms with Crippen LogP contribution in [-0.2, 0) is 4.79 Å². The van der Waals surface area contributed by atoms with Crippen LogP contribution in [0.25, 0.3) is 0 Å². The molecule has 0 unspecified atom stereocenters. The van der Waals surface area contributed by atoms with Crippen molar-refractivity contribution < 1.29 is 9.72 Å². The van der Waals surface area contributed by atoms with E-state index in [9.17, 15) is 14.9 Å². The largest absolute Gasteiger partial charge is 0.376 e. The molecule has 136 valence electrons. The van der Waals surface area contributed by atoms with Gasteiger partial charge in [-0.05, 0) is 31.2 Å². The van der Waals surface area contributed by atoms with Crippen LogP contribution >= 0.6 is 0 Å². The Morgan fingerprint density at radius 1 is 1.12 bits per heavy atom. The number of nitro groups is 1. The standard InChI is InChI=1S/C19H22N4O3/c1-15-13-16(7-8-18(15)23(25)26)20-14-19(24)22-11-9-21(10-12-22)17-5-3-2-4-6-17/h2-8,13,20H,9-12,14H2,1H3. The monoisotopic (exact) mass is 354 g/mol. The summed E-state index contributed by atoms with van der Waals surface area (Å²) in [6.07, 6.45) is 0.